The Hall–Kier alpha value is -5.68. The van der Waals surface area contributed by atoms with Crippen LogP contribution in [0, 0.1) is 0 Å². The van der Waals surface area contributed by atoms with Gasteiger partial charge in [-0.25, -0.2) is 0 Å². The van der Waals surface area contributed by atoms with E-state index in [2.05, 4.69) is 60.7 Å². The highest BCUT2D eigenvalue weighted by molar-refractivity contribution is 6.08. The van der Waals surface area contributed by atoms with E-state index in [4.69, 9.17) is 19.0 Å². The molecule has 0 spiro atoms. The molecule has 41 heavy (non-hydrogen) atoms. The molecule has 5 heteroatoms. The topological polar surface area (TPSA) is 57.0 Å². The number of furan rings is 2. The predicted molar refractivity (Wildman–Crippen MR) is 164 cm³/mol. The average Bonchev–Trinajstić information content (AvgIpc) is 3.73. The Morgan fingerprint density at radius 3 is 1.73 bits per heavy atom. The van der Waals surface area contributed by atoms with Gasteiger partial charge in [0.1, 0.15) is 33.4 Å². The third kappa shape index (κ3) is 3.42. The minimum Gasteiger partial charge on any atom is -0.456 e. The van der Waals surface area contributed by atoms with Crippen LogP contribution in [-0.2, 0) is 0 Å². The summed E-state index contributed by atoms with van der Waals surface area (Å²) in [5, 5.41) is 14.3. The number of hydrogen-bond donors (Lipinski definition) is 0. The zero-order valence-corrected chi connectivity index (χ0v) is 21.8. The number of rotatable bonds is 3. The summed E-state index contributed by atoms with van der Waals surface area (Å²) in [7, 11) is 0. The quantitative estimate of drug-likeness (QED) is 0.230. The van der Waals surface area contributed by atoms with E-state index in [1.165, 1.54) is 0 Å². The summed E-state index contributed by atoms with van der Waals surface area (Å²) >= 11 is 0. The van der Waals surface area contributed by atoms with E-state index in [-0.39, 0.29) is 0 Å². The van der Waals surface area contributed by atoms with Gasteiger partial charge >= 0.3 is 0 Å². The summed E-state index contributed by atoms with van der Waals surface area (Å²) < 4.78 is 12.5. The molecule has 0 unspecified atom stereocenters. The van der Waals surface area contributed by atoms with Gasteiger partial charge in [0.2, 0.25) is 0 Å². The molecule has 0 fully saturated rings. The van der Waals surface area contributed by atoms with Crippen LogP contribution in [0.2, 0.25) is 0 Å². The van der Waals surface area contributed by atoms with Crippen molar-refractivity contribution in [2.24, 2.45) is 0 Å². The molecular weight excluding hydrogens is 506 g/mol. The van der Waals surface area contributed by atoms with Crippen molar-refractivity contribution in [3.8, 4) is 27.9 Å². The summed E-state index contributed by atoms with van der Waals surface area (Å²) in [6.07, 6.45) is 0. The highest BCUT2D eigenvalue weighted by Gasteiger charge is 2.17. The third-order valence-electron chi connectivity index (χ3n) is 7.88. The molecule has 0 atom stereocenters. The highest BCUT2D eigenvalue weighted by Crippen LogP contribution is 2.38. The Morgan fingerprint density at radius 2 is 1.02 bits per heavy atom. The first kappa shape index (κ1) is 22.2. The Morgan fingerprint density at radius 1 is 0.439 bits per heavy atom. The van der Waals surface area contributed by atoms with E-state index in [0.29, 0.717) is 0 Å². The molecule has 0 bridgehead atoms. The Bertz CT molecular complexity index is 2430. The molecule has 0 saturated heterocycles. The normalized spacial score (nSPS) is 11.9. The van der Waals surface area contributed by atoms with Gasteiger partial charge < -0.3 is 8.83 Å². The second-order valence-corrected chi connectivity index (χ2v) is 10.3. The van der Waals surface area contributed by atoms with Gasteiger partial charge in [-0.15, -0.1) is 10.2 Å². The summed E-state index contributed by atoms with van der Waals surface area (Å²) in [4.78, 5) is 1.71. The molecule has 5 nitrogen and oxygen atoms in total. The highest BCUT2D eigenvalue weighted by atomic mass is 16.3. The van der Waals surface area contributed by atoms with Crippen LogP contribution < -0.4 is 0 Å². The fourth-order valence-electron chi connectivity index (χ4n) is 5.88. The lowest BCUT2D eigenvalue weighted by Crippen LogP contribution is -1.97. The molecule has 0 N–H and O–H groups in total. The molecule has 9 aromatic rings. The summed E-state index contributed by atoms with van der Waals surface area (Å²) in [5.74, 6) is 0. The molecule has 3 heterocycles. The van der Waals surface area contributed by atoms with E-state index in [9.17, 15) is 0 Å². The first-order valence-electron chi connectivity index (χ1n) is 13.6. The van der Waals surface area contributed by atoms with Gasteiger partial charge in [0.25, 0.3) is 0 Å². The fraction of sp³-hybridized carbons (Fsp3) is 0. The molecule has 0 saturated carbocycles. The van der Waals surface area contributed by atoms with Crippen LogP contribution in [-0.4, -0.2) is 15.0 Å². The molecule has 0 aliphatic carbocycles. The van der Waals surface area contributed by atoms with Crippen LogP contribution in [0.4, 0.5) is 0 Å². The molecule has 9 rings (SSSR count). The minimum atomic E-state index is 0.816. The van der Waals surface area contributed by atoms with Gasteiger partial charge in [-0.2, -0.15) is 4.80 Å². The first-order chi connectivity index (χ1) is 20.3. The molecule has 192 valence electrons. The van der Waals surface area contributed by atoms with Gasteiger partial charge in [-0.05, 0) is 77.4 Å². The molecular formula is C36H21N3O2. The number of aromatic nitrogens is 3. The Kier molecular flexibility index (Phi) is 4.55. The molecule has 0 radical (unpaired) electrons. The molecule has 0 aliphatic heterocycles. The van der Waals surface area contributed by atoms with E-state index in [1.54, 1.807) is 4.80 Å². The van der Waals surface area contributed by atoms with Crippen molar-refractivity contribution in [2.75, 3.05) is 0 Å². The van der Waals surface area contributed by atoms with Gasteiger partial charge in [0.05, 0.1) is 5.69 Å². The lowest BCUT2D eigenvalue weighted by molar-refractivity contribution is 0.668. The second-order valence-electron chi connectivity index (χ2n) is 10.3. The van der Waals surface area contributed by atoms with Crippen LogP contribution in [0.5, 0.6) is 0 Å². The number of hydrogen-bond acceptors (Lipinski definition) is 4. The lowest BCUT2D eigenvalue weighted by Gasteiger charge is -2.08. The van der Waals surface area contributed by atoms with Crippen LogP contribution in [0.3, 0.4) is 0 Å². The monoisotopic (exact) mass is 527 g/mol. The minimum absolute atomic E-state index is 0.816. The maximum Gasteiger partial charge on any atom is 0.136 e. The standard InChI is InChI=1S/C36H21N3O2/c1-2-8-25(9-3-1)39-37-31-19-24(22-14-16-28-26-10-4-6-12-32(26)40-34(28)20-22)18-30(36(31)38-39)23-15-17-29-27-11-5-7-13-33(27)41-35(29)21-23/h1-21H. The van der Waals surface area contributed by atoms with E-state index in [0.717, 1.165) is 82.9 Å². The van der Waals surface area contributed by atoms with Gasteiger partial charge in [0, 0.05) is 27.1 Å². The van der Waals surface area contributed by atoms with Crippen LogP contribution in [0.25, 0.3) is 82.9 Å². The maximum absolute atomic E-state index is 6.24. The van der Waals surface area contributed by atoms with Gasteiger partial charge in [-0.3, -0.25) is 0 Å². The average molecular weight is 528 g/mol. The van der Waals surface area contributed by atoms with Gasteiger partial charge in [0.15, 0.2) is 0 Å². The Balaban J connectivity index is 1.28. The lowest BCUT2D eigenvalue weighted by atomic mass is 9.96. The predicted octanol–water partition coefficient (Wildman–Crippen LogP) is 9.55. The van der Waals surface area contributed by atoms with Crippen molar-refractivity contribution >= 4 is 54.9 Å². The third-order valence-corrected chi connectivity index (χ3v) is 7.88. The zero-order chi connectivity index (χ0) is 26.9. The van der Waals surface area contributed by atoms with Crippen molar-refractivity contribution in [3.05, 3.63) is 127 Å². The molecule has 0 amide bonds. The van der Waals surface area contributed by atoms with Crippen LogP contribution in [0.1, 0.15) is 0 Å². The van der Waals surface area contributed by atoms with Crippen molar-refractivity contribution < 1.29 is 8.83 Å². The fourth-order valence-corrected chi connectivity index (χ4v) is 5.88. The van der Waals surface area contributed by atoms with Crippen molar-refractivity contribution in [3.63, 3.8) is 0 Å². The number of para-hydroxylation sites is 3. The number of fused-ring (bicyclic) bond motifs is 7. The van der Waals surface area contributed by atoms with Crippen molar-refractivity contribution in [1.82, 2.24) is 15.0 Å². The van der Waals surface area contributed by atoms with Crippen molar-refractivity contribution in [1.29, 1.82) is 0 Å². The largest absolute Gasteiger partial charge is 0.456 e. The SMILES string of the molecule is c1ccc(-n2nc3cc(-c4ccc5c(c4)oc4ccccc45)cc(-c4ccc5c(c4)oc4ccccc45)c3n2)cc1. The van der Waals surface area contributed by atoms with E-state index < -0.39 is 0 Å². The first-order valence-corrected chi connectivity index (χ1v) is 13.6. The smallest absolute Gasteiger partial charge is 0.136 e. The maximum atomic E-state index is 6.24. The molecule has 6 aromatic carbocycles. The van der Waals surface area contributed by atoms with Crippen molar-refractivity contribution in [2.45, 2.75) is 0 Å². The van der Waals surface area contributed by atoms with Crippen LogP contribution in [0.15, 0.2) is 136 Å². The molecule has 0 aliphatic rings. The molecule has 3 aromatic heterocycles. The summed E-state index contributed by atoms with van der Waals surface area (Å²) in [5.41, 5.74) is 10.1. The summed E-state index contributed by atoms with van der Waals surface area (Å²) in [6.45, 7) is 0. The van der Waals surface area contributed by atoms with Gasteiger partial charge in [-0.1, -0.05) is 66.7 Å². The summed E-state index contributed by atoms with van der Waals surface area (Å²) in [6, 6.07) is 43.4. The number of benzene rings is 6. The zero-order valence-electron chi connectivity index (χ0n) is 21.8. The Labute approximate surface area is 233 Å². The van der Waals surface area contributed by atoms with E-state index >= 15 is 0 Å². The van der Waals surface area contributed by atoms with Crippen LogP contribution >= 0.6 is 0 Å². The second kappa shape index (κ2) is 8.41. The van der Waals surface area contributed by atoms with E-state index in [1.807, 2.05) is 66.7 Å². The number of nitrogens with zero attached hydrogens (tertiary/aromatic N) is 3.